The number of rotatable bonds is 7. The molecule has 2 nitrogen and oxygen atoms in total. The minimum absolute atomic E-state index is 0. The number of benzene rings is 1. The molecule has 1 saturated heterocycles. The molecule has 1 fully saturated rings. The molecule has 0 unspecified atom stereocenters. The highest BCUT2D eigenvalue weighted by Crippen LogP contribution is 2.29. The standard InChI is InChI=1S/C18H27FN2.ClH/c1-3-4-5-6-7-18(21-12-10-20-11-13-21)16-14-15(2)8-9-17(16)19;/h3,8-9,14,18,20H,1,4-7,10-13H2,2H3;1H/t18-;/m1./s1. The molecule has 0 bridgehead atoms. The summed E-state index contributed by atoms with van der Waals surface area (Å²) in [6.45, 7) is 9.80. The minimum Gasteiger partial charge on any atom is -0.314 e. The molecule has 22 heavy (non-hydrogen) atoms. The molecule has 0 saturated carbocycles. The maximum atomic E-state index is 14.3. The molecule has 1 atom stereocenters. The quantitative estimate of drug-likeness (QED) is 0.595. The van der Waals surface area contributed by atoms with E-state index in [1.807, 2.05) is 25.1 Å². The largest absolute Gasteiger partial charge is 0.314 e. The van der Waals surface area contributed by atoms with Crippen molar-refractivity contribution in [3.05, 3.63) is 47.8 Å². The predicted octanol–water partition coefficient (Wildman–Crippen LogP) is 4.25. The molecule has 1 aliphatic rings. The van der Waals surface area contributed by atoms with Crippen molar-refractivity contribution in [3.63, 3.8) is 0 Å². The second kappa shape index (κ2) is 9.98. The first-order valence-electron chi connectivity index (χ1n) is 8.04. The Morgan fingerprint density at radius 1 is 1.32 bits per heavy atom. The van der Waals surface area contributed by atoms with Gasteiger partial charge in [-0.05, 0) is 32.3 Å². The molecule has 1 heterocycles. The molecule has 0 radical (unpaired) electrons. The van der Waals surface area contributed by atoms with Crippen LogP contribution in [-0.4, -0.2) is 31.1 Å². The van der Waals surface area contributed by atoms with E-state index in [0.29, 0.717) is 0 Å². The molecule has 124 valence electrons. The Morgan fingerprint density at radius 2 is 2.05 bits per heavy atom. The Morgan fingerprint density at radius 3 is 2.73 bits per heavy atom. The predicted molar refractivity (Wildman–Crippen MR) is 94.2 cm³/mol. The van der Waals surface area contributed by atoms with Gasteiger partial charge in [-0.3, -0.25) is 4.90 Å². The van der Waals surface area contributed by atoms with Gasteiger partial charge in [0.1, 0.15) is 5.82 Å². The zero-order valence-corrected chi connectivity index (χ0v) is 14.3. The second-order valence-electron chi connectivity index (χ2n) is 5.90. The number of nitrogens with one attached hydrogen (secondary N) is 1. The highest BCUT2D eigenvalue weighted by Gasteiger charge is 2.24. The molecule has 0 amide bonds. The molecule has 0 aromatic heterocycles. The summed E-state index contributed by atoms with van der Waals surface area (Å²) in [5.41, 5.74) is 2.01. The van der Waals surface area contributed by atoms with Gasteiger partial charge in [-0.1, -0.05) is 30.2 Å². The molecule has 1 aromatic rings. The summed E-state index contributed by atoms with van der Waals surface area (Å²) in [7, 11) is 0. The number of unbranched alkanes of at least 4 members (excludes halogenated alkanes) is 2. The Kier molecular flexibility index (Phi) is 8.69. The van der Waals surface area contributed by atoms with Crippen LogP contribution >= 0.6 is 12.4 Å². The van der Waals surface area contributed by atoms with Crippen LogP contribution < -0.4 is 5.32 Å². The minimum atomic E-state index is -0.0622. The van der Waals surface area contributed by atoms with Gasteiger partial charge >= 0.3 is 0 Å². The van der Waals surface area contributed by atoms with Crippen LogP contribution in [0.1, 0.15) is 42.9 Å². The molecular weight excluding hydrogens is 299 g/mol. The normalized spacial score (nSPS) is 16.8. The van der Waals surface area contributed by atoms with Gasteiger partial charge in [-0.25, -0.2) is 4.39 Å². The van der Waals surface area contributed by atoms with Crippen molar-refractivity contribution in [2.75, 3.05) is 26.2 Å². The summed E-state index contributed by atoms with van der Waals surface area (Å²) in [6.07, 6.45) is 6.29. The molecule has 0 aliphatic carbocycles. The van der Waals surface area contributed by atoms with Crippen LogP contribution in [0.2, 0.25) is 0 Å². The second-order valence-corrected chi connectivity index (χ2v) is 5.90. The van der Waals surface area contributed by atoms with Gasteiger partial charge in [0.15, 0.2) is 0 Å². The number of allylic oxidation sites excluding steroid dienone is 1. The smallest absolute Gasteiger partial charge is 0.128 e. The summed E-state index contributed by atoms with van der Waals surface area (Å²) in [4.78, 5) is 2.43. The molecule has 1 aliphatic heterocycles. The van der Waals surface area contributed by atoms with Gasteiger partial charge in [-0.2, -0.15) is 0 Å². The first-order valence-corrected chi connectivity index (χ1v) is 8.04. The number of aryl methyl sites for hydroxylation is 1. The van der Waals surface area contributed by atoms with Crippen LogP contribution in [-0.2, 0) is 0 Å². The average Bonchev–Trinajstić information content (AvgIpc) is 2.51. The van der Waals surface area contributed by atoms with E-state index in [0.717, 1.165) is 63.0 Å². The molecule has 1 aromatic carbocycles. The highest BCUT2D eigenvalue weighted by atomic mass is 35.5. The maximum absolute atomic E-state index is 14.3. The topological polar surface area (TPSA) is 15.3 Å². The fourth-order valence-electron chi connectivity index (χ4n) is 3.07. The Bertz CT molecular complexity index is 458. The van der Waals surface area contributed by atoms with Crippen molar-refractivity contribution in [2.45, 2.75) is 38.6 Å². The summed E-state index contributed by atoms with van der Waals surface area (Å²) < 4.78 is 14.3. The summed E-state index contributed by atoms with van der Waals surface area (Å²) in [5, 5.41) is 3.37. The van der Waals surface area contributed by atoms with Crippen LogP contribution in [0.5, 0.6) is 0 Å². The Balaban J connectivity index is 0.00000242. The van der Waals surface area contributed by atoms with E-state index in [4.69, 9.17) is 0 Å². The van der Waals surface area contributed by atoms with E-state index in [9.17, 15) is 4.39 Å². The van der Waals surface area contributed by atoms with E-state index >= 15 is 0 Å². The Labute approximate surface area is 140 Å². The van der Waals surface area contributed by atoms with Gasteiger partial charge in [0.2, 0.25) is 0 Å². The SMILES string of the molecule is C=CCCCC[C@H](c1cc(C)ccc1F)N1CCNCC1.Cl. The summed E-state index contributed by atoms with van der Waals surface area (Å²) >= 11 is 0. The van der Waals surface area contributed by atoms with Crippen molar-refractivity contribution in [2.24, 2.45) is 0 Å². The lowest BCUT2D eigenvalue weighted by molar-refractivity contribution is 0.159. The zero-order valence-electron chi connectivity index (χ0n) is 13.5. The zero-order chi connectivity index (χ0) is 15.1. The summed E-state index contributed by atoms with van der Waals surface area (Å²) in [5.74, 6) is -0.0622. The third kappa shape index (κ3) is 5.38. The number of hydrogen-bond donors (Lipinski definition) is 1. The molecule has 1 N–H and O–H groups in total. The molecule has 0 spiro atoms. The van der Waals surface area contributed by atoms with Crippen LogP contribution in [0.3, 0.4) is 0 Å². The fraction of sp³-hybridized carbons (Fsp3) is 0.556. The average molecular weight is 327 g/mol. The van der Waals surface area contributed by atoms with Gasteiger partial charge < -0.3 is 5.32 Å². The van der Waals surface area contributed by atoms with Crippen molar-refractivity contribution in [1.82, 2.24) is 10.2 Å². The van der Waals surface area contributed by atoms with E-state index in [2.05, 4.69) is 16.8 Å². The van der Waals surface area contributed by atoms with E-state index in [-0.39, 0.29) is 24.3 Å². The van der Waals surface area contributed by atoms with Crippen LogP contribution in [0.4, 0.5) is 4.39 Å². The first-order chi connectivity index (χ1) is 10.2. The Hall–Kier alpha value is -0.900. The first kappa shape index (κ1) is 19.1. The monoisotopic (exact) mass is 326 g/mol. The lowest BCUT2D eigenvalue weighted by Crippen LogP contribution is -2.45. The summed E-state index contributed by atoms with van der Waals surface area (Å²) in [6, 6.07) is 5.70. The number of piperazine rings is 1. The van der Waals surface area contributed by atoms with E-state index in [1.54, 1.807) is 6.07 Å². The van der Waals surface area contributed by atoms with Crippen LogP contribution in [0.15, 0.2) is 30.9 Å². The van der Waals surface area contributed by atoms with Crippen LogP contribution in [0, 0.1) is 12.7 Å². The molecule has 4 heteroatoms. The molecule has 2 rings (SSSR count). The van der Waals surface area contributed by atoms with Crippen molar-refractivity contribution in [3.8, 4) is 0 Å². The third-order valence-electron chi connectivity index (χ3n) is 4.24. The third-order valence-corrected chi connectivity index (χ3v) is 4.24. The van der Waals surface area contributed by atoms with Crippen LogP contribution in [0.25, 0.3) is 0 Å². The maximum Gasteiger partial charge on any atom is 0.128 e. The van der Waals surface area contributed by atoms with Gasteiger partial charge in [0, 0.05) is 37.8 Å². The van der Waals surface area contributed by atoms with Gasteiger partial charge in [0.25, 0.3) is 0 Å². The lowest BCUT2D eigenvalue weighted by Gasteiger charge is -2.35. The van der Waals surface area contributed by atoms with Crippen molar-refractivity contribution < 1.29 is 4.39 Å². The highest BCUT2D eigenvalue weighted by molar-refractivity contribution is 5.85. The van der Waals surface area contributed by atoms with E-state index < -0.39 is 0 Å². The molecular formula is C18H28ClFN2. The van der Waals surface area contributed by atoms with E-state index in [1.165, 1.54) is 0 Å². The van der Waals surface area contributed by atoms with Crippen molar-refractivity contribution >= 4 is 12.4 Å². The van der Waals surface area contributed by atoms with Gasteiger partial charge in [-0.15, -0.1) is 19.0 Å². The lowest BCUT2D eigenvalue weighted by atomic mass is 9.96. The van der Waals surface area contributed by atoms with Crippen molar-refractivity contribution in [1.29, 1.82) is 0 Å². The number of nitrogens with zero attached hydrogens (tertiary/aromatic N) is 1. The van der Waals surface area contributed by atoms with Gasteiger partial charge in [0.05, 0.1) is 0 Å². The fourth-order valence-corrected chi connectivity index (χ4v) is 3.07. The number of halogens is 2. The number of hydrogen-bond acceptors (Lipinski definition) is 2.